The molecule has 1 amide bonds. The highest BCUT2D eigenvalue weighted by Gasteiger charge is 2.31. The van der Waals surface area contributed by atoms with Gasteiger partial charge in [0.1, 0.15) is 0 Å². The molecular weight excluding hydrogens is 204 g/mol. The van der Waals surface area contributed by atoms with E-state index in [-0.39, 0.29) is 18.2 Å². The number of rotatable bonds is 6. The van der Waals surface area contributed by atoms with Crippen LogP contribution in [0.4, 0.5) is 0 Å². The molecule has 4 nitrogen and oxygen atoms in total. The fourth-order valence-electron chi connectivity index (χ4n) is 2.09. The molecule has 0 aromatic heterocycles. The normalized spacial score (nSPS) is 23.2. The van der Waals surface area contributed by atoms with E-state index in [2.05, 4.69) is 19.2 Å². The van der Waals surface area contributed by atoms with Crippen molar-refractivity contribution in [2.45, 2.75) is 46.4 Å². The lowest BCUT2D eigenvalue weighted by atomic mass is 10.1. The maximum atomic E-state index is 11.7. The van der Waals surface area contributed by atoms with Gasteiger partial charge in [0.2, 0.25) is 5.91 Å². The third kappa shape index (κ3) is 3.76. The van der Waals surface area contributed by atoms with Crippen LogP contribution >= 0.6 is 0 Å². The molecule has 0 radical (unpaired) electrons. The Morgan fingerprint density at radius 2 is 2.19 bits per heavy atom. The van der Waals surface area contributed by atoms with E-state index in [4.69, 9.17) is 4.74 Å². The first-order chi connectivity index (χ1) is 7.54. The van der Waals surface area contributed by atoms with Gasteiger partial charge in [0.05, 0.1) is 18.8 Å². The van der Waals surface area contributed by atoms with Crippen molar-refractivity contribution in [3.63, 3.8) is 0 Å². The Hall–Kier alpha value is -0.610. The van der Waals surface area contributed by atoms with Gasteiger partial charge in [-0.25, -0.2) is 0 Å². The minimum Gasteiger partial charge on any atom is -0.377 e. The van der Waals surface area contributed by atoms with Gasteiger partial charge >= 0.3 is 0 Å². The molecule has 0 spiro atoms. The molecule has 94 valence electrons. The molecule has 1 aliphatic rings. The summed E-state index contributed by atoms with van der Waals surface area (Å²) < 4.78 is 5.48. The third-order valence-electron chi connectivity index (χ3n) is 2.79. The van der Waals surface area contributed by atoms with Gasteiger partial charge in [0, 0.05) is 13.2 Å². The molecule has 1 N–H and O–H groups in total. The largest absolute Gasteiger partial charge is 0.377 e. The zero-order valence-corrected chi connectivity index (χ0v) is 10.8. The van der Waals surface area contributed by atoms with Crippen molar-refractivity contribution in [2.24, 2.45) is 5.92 Å². The fourth-order valence-corrected chi connectivity index (χ4v) is 2.09. The number of hydrogen-bond acceptors (Lipinski definition) is 3. The summed E-state index contributed by atoms with van der Waals surface area (Å²) in [5.41, 5.74) is 0. The molecule has 1 fully saturated rings. The van der Waals surface area contributed by atoms with E-state index in [9.17, 15) is 4.79 Å². The van der Waals surface area contributed by atoms with Crippen molar-refractivity contribution >= 4 is 5.91 Å². The van der Waals surface area contributed by atoms with Gasteiger partial charge in [-0.05, 0) is 26.2 Å². The molecule has 4 heteroatoms. The molecule has 1 heterocycles. The summed E-state index contributed by atoms with van der Waals surface area (Å²) in [5.74, 6) is 0.783. The zero-order chi connectivity index (χ0) is 12.1. The summed E-state index contributed by atoms with van der Waals surface area (Å²) in [7, 11) is 0. The lowest BCUT2D eigenvalue weighted by molar-refractivity contribution is -0.130. The van der Waals surface area contributed by atoms with Crippen LogP contribution in [0.5, 0.6) is 0 Å². The summed E-state index contributed by atoms with van der Waals surface area (Å²) in [6.45, 7) is 10.2. The van der Waals surface area contributed by atoms with E-state index in [0.29, 0.717) is 25.6 Å². The predicted molar refractivity (Wildman–Crippen MR) is 64.0 cm³/mol. The van der Waals surface area contributed by atoms with Crippen LogP contribution in [0.25, 0.3) is 0 Å². The highest BCUT2D eigenvalue weighted by atomic mass is 16.5. The zero-order valence-electron chi connectivity index (χ0n) is 10.8. The minimum atomic E-state index is 0.114. The van der Waals surface area contributed by atoms with Crippen molar-refractivity contribution in [1.29, 1.82) is 0 Å². The summed E-state index contributed by atoms with van der Waals surface area (Å²) >= 11 is 0. The number of carbonyl (C=O) groups is 1. The van der Waals surface area contributed by atoms with Crippen molar-refractivity contribution in [3.8, 4) is 0 Å². The molecule has 0 aromatic carbocycles. The average molecular weight is 228 g/mol. The Balaban J connectivity index is 2.49. The molecular formula is C12H24N2O2. The van der Waals surface area contributed by atoms with Crippen molar-refractivity contribution < 1.29 is 9.53 Å². The number of amides is 1. The molecule has 16 heavy (non-hydrogen) atoms. The van der Waals surface area contributed by atoms with Gasteiger partial charge in [0.15, 0.2) is 0 Å². The number of hydrogen-bond donors (Lipinski definition) is 1. The Morgan fingerprint density at radius 1 is 1.50 bits per heavy atom. The van der Waals surface area contributed by atoms with E-state index in [0.717, 1.165) is 6.42 Å². The summed E-state index contributed by atoms with van der Waals surface area (Å²) in [5, 5.41) is 3.26. The maximum Gasteiger partial charge on any atom is 0.237 e. The van der Waals surface area contributed by atoms with Gasteiger partial charge in [-0.2, -0.15) is 0 Å². The highest BCUT2D eigenvalue weighted by molar-refractivity contribution is 5.80. The molecule has 0 aliphatic carbocycles. The maximum absolute atomic E-state index is 11.7. The second kappa shape index (κ2) is 6.21. The molecule has 2 unspecified atom stereocenters. The van der Waals surface area contributed by atoms with Crippen molar-refractivity contribution in [3.05, 3.63) is 0 Å². The number of nitrogens with zero attached hydrogens (tertiary/aromatic N) is 1. The van der Waals surface area contributed by atoms with E-state index in [1.807, 2.05) is 18.7 Å². The second-order valence-corrected chi connectivity index (χ2v) is 4.84. The topological polar surface area (TPSA) is 41.6 Å². The van der Waals surface area contributed by atoms with E-state index in [1.54, 1.807) is 0 Å². The lowest BCUT2D eigenvalue weighted by Gasteiger charge is -2.28. The monoisotopic (exact) mass is 228 g/mol. The standard InChI is InChI=1S/C12H24N2O2/c1-5-16-10(4)8-14-11(6-9(2)3)13-7-12(14)15/h9-11,13H,5-8H2,1-4H3. The van der Waals surface area contributed by atoms with Crippen LogP contribution in [-0.2, 0) is 9.53 Å². The molecule has 0 saturated carbocycles. The predicted octanol–water partition coefficient (Wildman–Crippen LogP) is 1.22. The third-order valence-corrected chi connectivity index (χ3v) is 2.79. The Kier molecular flexibility index (Phi) is 5.22. The van der Waals surface area contributed by atoms with Crippen LogP contribution in [0.1, 0.15) is 34.1 Å². The summed E-state index contributed by atoms with van der Waals surface area (Å²) in [4.78, 5) is 13.6. The quantitative estimate of drug-likeness (QED) is 0.743. The van der Waals surface area contributed by atoms with Gasteiger partial charge in [0.25, 0.3) is 0 Å². The van der Waals surface area contributed by atoms with Gasteiger partial charge in [-0.15, -0.1) is 0 Å². The minimum absolute atomic E-state index is 0.114. The Morgan fingerprint density at radius 3 is 2.75 bits per heavy atom. The van der Waals surface area contributed by atoms with Crippen LogP contribution in [-0.4, -0.2) is 42.8 Å². The van der Waals surface area contributed by atoms with Crippen LogP contribution in [0, 0.1) is 5.92 Å². The summed E-state index contributed by atoms with van der Waals surface area (Å²) in [6.07, 6.45) is 1.31. The number of nitrogens with one attached hydrogen (secondary N) is 1. The molecule has 1 aliphatic heterocycles. The smallest absolute Gasteiger partial charge is 0.237 e. The van der Waals surface area contributed by atoms with E-state index >= 15 is 0 Å². The Labute approximate surface area is 98.3 Å². The van der Waals surface area contributed by atoms with Crippen LogP contribution in [0.3, 0.4) is 0 Å². The number of carbonyl (C=O) groups excluding carboxylic acids is 1. The summed E-state index contributed by atoms with van der Waals surface area (Å²) in [6, 6.07) is 0. The highest BCUT2D eigenvalue weighted by Crippen LogP contribution is 2.15. The lowest BCUT2D eigenvalue weighted by Crippen LogP contribution is -2.42. The first-order valence-corrected chi connectivity index (χ1v) is 6.19. The Bertz CT molecular complexity index is 231. The SMILES string of the molecule is CCOC(C)CN1C(=O)CNC1CC(C)C. The fraction of sp³-hybridized carbons (Fsp3) is 0.917. The van der Waals surface area contributed by atoms with Crippen LogP contribution in [0.15, 0.2) is 0 Å². The molecule has 0 aromatic rings. The molecule has 0 bridgehead atoms. The first-order valence-electron chi connectivity index (χ1n) is 6.19. The van der Waals surface area contributed by atoms with Gasteiger partial charge in [-0.1, -0.05) is 13.8 Å². The molecule has 1 saturated heterocycles. The van der Waals surface area contributed by atoms with E-state index in [1.165, 1.54) is 0 Å². The first kappa shape index (κ1) is 13.5. The van der Waals surface area contributed by atoms with Crippen molar-refractivity contribution in [2.75, 3.05) is 19.7 Å². The van der Waals surface area contributed by atoms with Gasteiger partial charge in [-0.3, -0.25) is 10.1 Å². The average Bonchev–Trinajstić information content (AvgIpc) is 2.49. The molecule has 2 atom stereocenters. The second-order valence-electron chi connectivity index (χ2n) is 4.84. The van der Waals surface area contributed by atoms with Crippen molar-refractivity contribution in [1.82, 2.24) is 10.2 Å². The van der Waals surface area contributed by atoms with Crippen LogP contribution < -0.4 is 5.32 Å². The van der Waals surface area contributed by atoms with Crippen LogP contribution in [0.2, 0.25) is 0 Å². The van der Waals surface area contributed by atoms with E-state index < -0.39 is 0 Å². The van der Waals surface area contributed by atoms with Gasteiger partial charge < -0.3 is 9.64 Å². The molecule has 1 rings (SSSR count). The number of ether oxygens (including phenoxy) is 1.